The predicted molar refractivity (Wildman–Crippen MR) is 42.4 cm³/mol. The molecule has 0 bridgehead atoms. The molecule has 0 aliphatic heterocycles. The third kappa shape index (κ3) is 6.18. The Morgan fingerprint density at radius 2 is 2.12 bits per heavy atom. The fraction of sp³-hybridized carbons (Fsp3) is 1.00. The highest BCUT2D eigenvalue weighted by molar-refractivity contribution is 6.37. The van der Waals surface area contributed by atoms with Gasteiger partial charge in [-0.3, -0.25) is 0 Å². The molecule has 0 saturated heterocycles. The van der Waals surface area contributed by atoms with Crippen LogP contribution in [0.15, 0.2) is 0 Å². The van der Waals surface area contributed by atoms with Gasteiger partial charge in [-0.1, -0.05) is 25.4 Å². The molecule has 0 fully saturated rings. The molecule has 0 saturated carbocycles. The minimum atomic E-state index is 0.273. The van der Waals surface area contributed by atoms with E-state index in [1.807, 2.05) is 7.05 Å². The molecule has 1 nitrogen and oxygen atoms in total. The fourth-order valence-corrected chi connectivity index (χ4v) is 2.06. The average molecular weight is 131 g/mol. The molecular weight excluding hydrogens is 114 g/mol. The third-order valence-corrected chi connectivity index (χ3v) is 3.12. The van der Waals surface area contributed by atoms with Gasteiger partial charge in [-0.15, -0.1) is 0 Å². The van der Waals surface area contributed by atoms with Crippen molar-refractivity contribution in [3.8, 4) is 0 Å². The molecular formula is C6H17NSi. The molecule has 50 valence electrons. The summed E-state index contributed by atoms with van der Waals surface area (Å²) in [5, 5.41) is 3.16. The first-order valence-corrected chi connectivity index (χ1v) is 5.23. The van der Waals surface area contributed by atoms with Gasteiger partial charge in [0.15, 0.2) is 0 Å². The van der Waals surface area contributed by atoms with Crippen LogP contribution in [0.3, 0.4) is 0 Å². The molecule has 0 aliphatic carbocycles. The van der Waals surface area contributed by atoms with Crippen molar-refractivity contribution in [3.05, 3.63) is 0 Å². The highest BCUT2D eigenvalue weighted by atomic mass is 28.2. The van der Waals surface area contributed by atoms with Crippen LogP contribution in [0.2, 0.25) is 11.6 Å². The molecule has 0 aromatic carbocycles. The second kappa shape index (κ2) is 5.32. The molecule has 0 heterocycles. The summed E-state index contributed by atoms with van der Waals surface area (Å²) in [6, 6.07) is 1.45. The van der Waals surface area contributed by atoms with E-state index >= 15 is 0 Å². The van der Waals surface area contributed by atoms with Gasteiger partial charge < -0.3 is 5.32 Å². The maximum absolute atomic E-state index is 3.16. The van der Waals surface area contributed by atoms with Crippen molar-refractivity contribution >= 4 is 9.52 Å². The lowest BCUT2D eigenvalue weighted by atomic mass is 10.6. The summed E-state index contributed by atoms with van der Waals surface area (Å²) in [5.74, 6) is 0. The second-order valence-electron chi connectivity index (χ2n) is 2.64. The van der Waals surface area contributed by atoms with E-state index in [0.29, 0.717) is 0 Å². The third-order valence-electron chi connectivity index (χ3n) is 1.21. The van der Waals surface area contributed by atoms with Gasteiger partial charge in [-0.25, -0.2) is 0 Å². The van der Waals surface area contributed by atoms with Gasteiger partial charge >= 0.3 is 0 Å². The first-order chi connectivity index (χ1) is 3.77. The van der Waals surface area contributed by atoms with Crippen LogP contribution in [-0.4, -0.2) is 23.1 Å². The number of hydrogen-bond donors (Lipinski definition) is 1. The van der Waals surface area contributed by atoms with Gasteiger partial charge in [-0.05, 0) is 13.6 Å². The zero-order valence-electron chi connectivity index (χ0n) is 6.20. The van der Waals surface area contributed by atoms with E-state index in [1.165, 1.54) is 12.6 Å². The maximum atomic E-state index is 3.16. The first-order valence-electron chi connectivity index (χ1n) is 3.42. The van der Waals surface area contributed by atoms with Crippen LogP contribution in [0.4, 0.5) is 0 Å². The number of rotatable bonds is 4. The van der Waals surface area contributed by atoms with Crippen molar-refractivity contribution in [3.63, 3.8) is 0 Å². The van der Waals surface area contributed by atoms with Crippen molar-refractivity contribution in [2.45, 2.75) is 25.4 Å². The zero-order valence-corrected chi connectivity index (χ0v) is 7.61. The highest BCUT2D eigenvalue weighted by Crippen LogP contribution is 1.98. The minimum Gasteiger partial charge on any atom is -0.320 e. The molecule has 0 rings (SSSR count). The van der Waals surface area contributed by atoms with Crippen LogP contribution in [0.25, 0.3) is 0 Å². The summed E-state index contributed by atoms with van der Waals surface area (Å²) in [6.07, 6.45) is 0. The van der Waals surface area contributed by atoms with E-state index in [2.05, 4.69) is 19.2 Å². The molecule has 0 spiro atoms. The summed E-state index contributed by atoms with van der Waals surface area (Å²) in [6.45, 7) is 5.87. The Balaban J connectivity index is 2.72. The monoisotopic (exact) mass is 131 g/mol. The van der Waals surface area contributed by atoms with Crippen LogP contribution < -0.4 is 5.32 Å². The smallest absolute Gasteiger partial charge is 0.0238 e. The predicted octanol–water partition coefficient (Wildman–Crippen LogP) is 0.621. The van der Waals surface area contributed by atoms with E-state index in [9.17, 15) is 0 Å². The SMILES string of the molecule is CNCC[SiH2]C(C)C. The van der Waals surface area contributed by atoms with Crippen LogP contribution in [0.1, 0.15) is 13.8 Å². The average Bonchev–Trinajstić information content (AvgIpc) is 1.66. The molecule has 0 amide bonds. The molecule has 8 heavy (non-hydrogen) atoms. The standard InChI is InChI=1S/C6H17NSi/c1-6(2)8-5-4-7-3/h6-7H,4-5,8H2,1-3H3. The lowest BCUT2D eigenvalue weighted by Gasteiger charge is -2.00. The van der Waals surface area contributed by atoms with E-state index in [0.717, 1.165) is 5.54 Å². The van der Waals surface area contributed by atoms with Gasteiger partial charge in [-0.2, -0.15) is 0 Å². The molecule has 0 aromatic heterocycles. The van der Waals surface area contributed by atoms with Crippen molar-refractivity contribution < 1.29 is 0 Å². The topological polar surface area (TPSA) is 12.0 Å². The summed E-state index contributed by atoms with van der Waals surface area (Å²) in [5.41, 5.74) is 1.00. The summed E-state index contributed by atoms with van der Waals surface area (Å²) in [4.78, 5) is 0. The Hall–Kier alpha value is 0.177. The van der Waals surface area contributed by atoms with Gasteiger partial charge in [0.05, 0.1) is 0 Å². The summed E-state index contributed by atoms with van der Waals surface area (Å²) in [7, 11) is 2.30. The van der Waals surface area contributed by atoms with Crippen LogP contribution in [-0.2, 0) is 0 Å². The number of nitrogens with one attached hydrogen (secondary N) is 1. The Bertz CT molecular complexity index is 45.8. The Kier molecular flexibility index (Phi) is 5.43. The highest BCUT2D eigenvalue weighted by Gasteiger charge is 1.91. The largest absolute Gasteiger partial charge is 0.320 e. The molecule has 0 atom stereocenters. The van der Waals surface area contributed by atoms with Gasteiger partial charge in [0.1, 0.15) is 0 Å². The molecule has 2 heteroatoms. The molecule has 0 aliphatic rings. The van der Waals surface area contributed by atoms with Crippen molar-refractivity contribution in [1.82, 2.24) is 5.32 Å². The fourth-order valence-electron chi connectivity index (χ4n) is 0.687. The second-order valence-corrected chi connectivity index (χ2v) is 5.56. The zero-order chi connectivity index (χ0) is 6.41. The Morgan fingerprint density at radius 3 is 2.50 bits per heavy atom. The van der Waals surface area contributed by atoms with Crippen molar-refractivity contribution in [1.29, 1.82) is 0 Å². The van der Waals surface area contributed by atoms with Gasteiger partial charge in [0, 0.05) is 9.52 Å². The molecule has 1 N–H and O–H groups in total. The first kappa shape index (κ1) is 8.18. The van der Waals surface area contributed by atoms with E-state index in [-0.39, 0.29) is 9.52 Å². The Morgan fingerprint density at radius 1 is 1.50 bits per heavy atom. The van der Waals surface area contributed by atoms with E-state index < -0.39 is 0 Å². The molecule has 0 aromatic rings. The maximum Gasteiger partial charge on any atom is 0.0238 e. The van der Waals surface area contributed by atoms with Crippen LogP contribution in [0, 0.1) is 0 Å². The van der Waals surface area contributed by atoms with E-state index in [1.54, 1.807) is 0 Å². The van der Waals surface area contributed by atoms with Gasteiger partial charge in [0.2, 0.25) is 0 Å². The van der Waals surface area contributed by atoms with Crippen LogP contribution in [0.5, 0.6) is 0 Å². The minimum absolute atomic E-state index is 0.273. The summed E-state index contributed by atoms with van der Waals surface area (Å²) < 4.78 is 0. The van der Waals surface area contributed by atoms with E-state index in [4.69, 9.17) is 0 Å². The quantitative estimate of drug-likeness (QED) is 0.436. The molecule has 0 radical (unpaired) electrons. The van der Waals surface area contributed by atoms with Gasteiger partial charge in [0.25, 0.3) is 0 Å². The van der Waals surface area contributed by atoms with Crippen molar-refractivity contribution in [2.24, 2.45) is 0 Å². The normalized spacial score (nSPS) is 12.0. The lowest BCUT2D eigenvalue weighted by Crippen LogP contribution is -2.10. The van der Waals surface area contributed by atoms with Crippen molar-refractivity contribution in [2.75, 3.05) is 13.6 Å². The van der Waals surface area contributed by atoms with Crippen LogP contribution >= 0.6 is 0 Å². The Labute approximate surface area is 54.7 Å². The number of hydrogen-bond acceptors (Lipinski definition) is 1. The lowest BCUT2D eigenvalue weighted by molar-refractivity contribution is 0.851. The summed E-state index contributed by atoms with van der Waals surface area (Å²) >= 11 is 0. The molecule has 0 unspecified atom stereocenters.